The quantitative estimate of drug-likeness (QED) is 0.679. The smallest absolute Gasteiger partial charge is 0.177 e. The summed E-state index contributed by atoms with van der Waals surface area (Å²) < 4.78 is 12.6. The minimum atomic E-state index is -0.356. The van der Waals surface area contributed by atoms with E-state index in [1.807, 2.05) is 0 Å². The Kier molecular flexibility index (Phi) is 2.69. The number of carbonyl (C=O) groups is 1. The summed E-state index contributed by atoms with van der Waals surface area (Å²) in [6.45, 7) is 0. The lowest BCUT2D eigenvalue weighted by Crippen LogP contribution is -2.02. The summed E-state index contributed by atoms with van der Waals surface area (Å²) in [5.41, 5.74) is 0.600. The predicted octanol–water partition coefficient (Wildman–Crippen LogP) is 1.59. The molecule has 0 atom stereocenters. The molecule has 62 valence electrons. The van der Waals surface area contributed by atoms with Crippen LogP contribution in [0.15, 0.2) is 24.3 Å². The molecule has 0 radical (unpaired) electrons. The molecule has 0 bridgehead atoms. The van der Waals surface area contributed by atoms with Crippen molar-refractivity contribution in [1.29, 1.82) is 5.41 Å². The molecule has 0 amide bonds. The van der Waals surface area contributed by atoms with E-state index >= 15 is 0 Å². The molecule has 0 unspecified atom stereocenters. The number of Topliss-reactive ketones (excluding diaryl/α,β-unsaturated/α-hetero) is 1. The minimum absolute atomic E-state index is 0.0985. The Labute approximate surface area is 69.5 Å². The number of rotatable bonds is 3. The van der Waals surface area contributed by atoms with E-state index in [0.717, 1.165) is 6.21 Å². The van der Waals surface area contributed by atoms with Crippen molar-refractivity contribution in [2.75, 3.05) is 0 Å². The number of hydrogen-bond acceptors (Lipinski definition) is 2. The molecule has 3 heteroatoms. The van der Waals surface area contributed by atoms with Gasteiger partial charge in [0.1, 0.15) is 5.82 Å². The molecule has 0 heterocycles. The molecule has 0 saturated heterocycles. The number of nitrogens with one attached hydrogen (secondary N) is 1. The van der Waals surface area contributed by atoms with Gasteiger partial charge in [-0.1, -0.05) is 12.1 Å². The Morgan fingerprint density at radius 1 is 1.58 bits per heavy atom. The molecule has 1 aromatic carbocycles. The topological polar surface area (TPSA) is 40.9 Å². The van der Waals surface area contributed by atoms with E-state index in [4.69, 9.17) is 5.41 Å². The Balaban J connectivity index is 2.76. The van der Waals surface area contributed by atoms with Gasteiger partial charge in [0, 0.05) is 6.42 Å². The second-order valence-electron chi connectivity index (χ2n) is 2.42. The second-order valence-corrected chi connectivity index (χ2v) is 2.42. The fourth-order valence-corrected chi connectivity index (χ4v) is 0.899. The summed E-state index contributed by atoms with van der Waals surface area (Å²) >= 11 is 0. The Morgan fingerprint density at radius 2 is 2.33 bits per heavy atom. The summed E-state index contributed by atoms with van der Waals surface area (Å²) in [5.74, 6) is -0.675. The van der Waals surface area contributed by atoms with Crippen molar-refractivity contribution >= 4 is 12.0 Å². The molecule has 1 rings (SSSR count). The molecule has 0 saturated carbocycles. The fourth-order valence-electron chi connectivity index (χ4n) is 0.899. The van der Waals surface area contributed by atoms with Crippen LogP contribution in [0.2, 0.25) is 0 Å². The zero-order chi connectivity index (χ0) is 8.97. The SMILES string of the molecule is N=CC(=O)Cc1cccc(F)c1. The molecule has 0 aliphatic carbocycles. The van der Waals surface area contributed by atoms with Crippen LogP contribution in [0.4, 0.5) is 4.39 Å². The van der Waals surface area contributed by atoms with Crippen molar-refractivity contribution in [1.82, 2.24) is 0 Å². The second kappa shape index (κ2) is 3.76. The Hall–Kier alpha value is -1.51. The first-order valence-electron chi connectivity index (χ1n) is 3.50. The number of ketones is 1. The molecule has 1 N–H and O–H groups in total. The van der Waals surface area contributed by atoms with Crippen LogP contribution in [-0.2, 0) is 11.2 Å². The van der Waals surface area contributed by atoms with Crippen LogP contribution in [0.3, 0.4) is 0 Å². The molecule has 0 spiro atoms. The number of halogens is 1. The molecule has 0 aliphatic heterocycles. The van der Waals surface area contributed by atoms with Gasteiger partial charge in [-0.15, -0.1) is 0 Å². The van der Waals surface area contributed by atoms with Crippen LogP contribution in [0, 0.1) is 11.2 Å². The normalized spacial score (nSPS) is 9.42. The van der Waals surface area contributed by atoms with Gasteiger partial charge < -0.3 is 5.41 Å². The highest BCUT2D eigenvalue weighted by Crippen LogP contribution is 2.03. The Bertz CT molecular complexity index is 309. The average molecular weight is 165 g/mol. The number of carbonyl (C=O) groups excluding carboxylic acids is 1. The van der Waals surface area contributed by atoms with Gasteiger partial charge in [-0.25, -0.2) is 4.39 Å². The highest BCUT2D eigenvalue weighted by molar-refractivity contribution is 6.26. The van der Waals surface area contributed by atoms with Crippen molar-refractivity contribution in [3.8, 4) is 0 Å². The van der Waals surface area contributed by atoms with E-state index in [0.29, 0.717) is 5.56 Å². The van der Waals surface area contributed by atoms with Crippen LogP contribution in [0.25, 0.3) is 0 Å². The first kappa shape index (κ1) is 8.59. The highest BCUT2D eigenvalue weighted by Gasteiger charge is 2.00. The summed E-state index contributed by atoms with van der Waals surface area (Å²) in [5, 5.41) is 6.64. The maximum atomic E-state index is 12.6. The third-order valence-electron chi connectivity index (χ3n) is 1.43. The first-order chi connectivity index (χ1) is 5.72. The van der Waals surface area contributed by atoms with Crippen LogP contribution in [0.1, 0.15) is 5.56 Å². The monoisotopic (exact) mass is 165 g/mol. The van der Waals surface area contributed by atoms with Crippen LogP contribution in [-0.4, -0.2) is 12.0 Å². The highest BCUT2D eigenvalue weighted by atomic mass is 19.1. The third-order valence-corrected chi connectivity index (χ3v) is 1.43. The number of hydrogen-bond donors (Lipinski definition) is 1. The Morgan fingerprint density at radius 3 is 2.92 bits per heavy atom. The molecule has 0 fully saturated rings. The van der Waals surface area contributed by atoms with Gasteiger partial charge in [0.25, 0.3) is 0 Å². The van der Waals surface area contributed by atoms with Crippen molar-refractivity contribution in [3.63, 3.8) is 0 Å². The molecule has 0 aromatic heterocycles. The van der Waals surface area contributed by atoms with Crippen molar-refractivity contribution in [3.05, 3.63) is 35.6 Å². The first-order valence-corrected chi connectivity index (χ1v) is 3.50. The van der Waals surface area contributed by atoms with Gasteiger partial charge in [-0.05, 0) is 17.7 Å². The fraction of sp³-hybridized carbons (Fsp3) is 0.111. The van der Waals surface area contributed by atoms with E-state index in [9.17, 15) is 9.18 Å². The summed E-state index contributed by atoms with van der Waals surface area (Å²) in [7, 11) is 0. The lowest BCUT2D eigenvalue weighted by atomic mass is 10.1. The third kappa shape index (κ3) is 2.27. The molecule has 2 nitrogen and oxygen atoms in total. The predicted molar refractivity (Wildman–Crippen MR) is 43.9 cm³/mol. The maximum Gasteiger partial charge on any atom is 0.177 e. The minimum Gasteiger partial charge on any atom is -0.305 e. The van der Waals surface area contributed by atoms with Crippen LogP contribution in [0.5, 0.6) is 0 Å². The van der Waals surface area contributed by atoms with Gasteiger partial charge in [0.05, 0.1) is 6.21 Å². The largest absolute Gasteiger partial charge is 0.305 e. The van der Waals surface area contributed by atoms with E-state index in [-0.39, 0.29) is 18.0 Å². The molecule has 0 aliphatic rings. The van der Waals surface area contributed by atoms with Gasteiger partial charge in [-0.3, -0.25) is 4.79 Å². The number of benzene rings is 1. The molecule has 1 aromatic rings. The average Bonchev–Trinajstić information content (AvgIpc) is 2.04. The van der Waals surface area contributed by atoms with Gasteiger partial charge in [0.2, 0.25) is 0 Å². The van der Waals surface area contributed by atoms with E-state index in [1.165, 1.54) is 12.1 Å². The van der Waals surface area contributed by atoms with E-state index in [1.54, 1.807) is 12.1 Å². The summed E-state index contributed by atoms with van der Waals surface area (Å²) in [6, 6.07) is 5.81. The maximum absolute atomic E-state index is 12.6. The van der Waals surface area contributed by atoms with Gasteiger partial charge in [-0.2, -0.15) is 0 Å². The van der Waals surface area contributed by atoms with Gasteiger partial charge in [0.15, 0.2) is 5.78 Å². The van der Waals surface area contributed by atoms with E-state index < -0.39 is 0 Å². The van der Waals surface area contributed by atoms with Crippen molar-refractivity contribution < 1.29 is 9.18 Å². The van der Waals surface area contributed by atoms with Crippen molar-refractivity contribution in [2.24, 2.45) is 0 Å². The summed E-state index contributed by atoms with van der Waals surface area (Å²) in [6.07, 6.45) is 0.839. The lowest BCUT2D eigenvalue weighted by Gasteiger charge is -1.95. The zero-order valence-corrected chi connectivity index (χ0v) is 6.38. The standard InChI is InChI=1S/C9H8FNO/c10-8-3-1-2-7(4-8)5-9(12)6-11/h1-4,6,11H,5H2. The van der Waals surface area contributed by atoms with Gasteiger partial charge >= 0.3 is 0 Å². The van der Waals surface area contributed by atoms with Crippen LogP contribution >= 0.6 is 0 Å². The van der Waals surface area contributed by atoms with Crippen molar-refractivity contribution in [2.45, 2.75) is 6.42 Å². The molecular weight excluding hydrogens is 157 g/mol. The lowest BCUT2D eigenvalue weighted by molar-refractivity contribution is -0.112. The summed E-state index contributed by atoms with van der Waals surface area (Å²) in [4.78, 5) is 10.7. The van der Waals surface area contributed by atoms with Crippen LogP contribution < -0.4 is 0 Å². The molecule has 12 heavy (non-hydrogen) atoms. The molecular formula is C9H8FNO. The zero-order valence-electron chi connectivity index (χ0n) is 6.38. The van der Waals surface area contributed by atoms with E-state index in [2.05, 4.69) is 0 Å².